The Bertz CT molecular complexity index is 565. The van der Waals surface area contributed by atoms with E-state index in [0.717, 1.165) is 17.4 Å². The highest BCUT2D eigenvalue weighted by Crippen LogP contribution is 2.26. The molecule has 0 unspecified atom stereocenters. The number of ether oxygens (including phenoxy) is 1. The molecule has 5 nitrogen and oxygen atoms in total. The maximum atomic E-state index is 13.4. The zero-order valence-electron chi connectivity index (χ0n) is 8.78. The monoisotopic (exact) mass is 336 g/mol. The summed E-state index contributed by atoms with van der Waals surface area (Å²) in [6.07, 6.45) is 0. The first-order chi connectivity index (χ1) is 8.60. The molecule has 0 aliphatic carbocycles. The van der Waals surface area contributed by atoms with E-state index in [4.69, 9.17) is 10.6 Å². The number of hydrogen-bond donors (Lipinski definition) is 2. The van der Waals surface area contributed by atoms with Crippen LogP contribution in [0.25, 0.3) is 0 Å². The Morgan fingerprint density at radius 3 is 2.83 bits per heavy atom. The molecular weight excluding hydrogens is 330 g/mol. The molecule has 2 aromatic rings. The van der Waals surface area contributed by atoms with E-state index in [1.807, 2.05) is 0 Å². The minimum Gasteiger partial charge on any atom is -0.483 e. The molecule has 0 aliphatic heterocycles. The molecule has 0 fully saturated rings. The maximum Gasteiger partial charge on any atom is 0.219 e. The van der Waals surface area contributed by atoms with Gasteiger partial charge in [-0.25, -0.2) is 10.2 Å². The Hall–Kier alpha value is -1.32. The predicted octanol–water partition coefficient (Wildman–Crippen LogP) is 2.44. The fraction of sp³-hybridized carbons (Fsp3) is 0.111. The van der Waals surface area contributed by atoms with Crippen LogP contribution in [0, 0.1) is 11.6 Å². The second-order valence-electron chi connectivity index (χ2n) is 3.13. The summed E-state index contributed by atoms with van der Waals surface area (Å²) < 4.78 is 32.0. The second-order valence-corrected chi connectivity index (χ2v) is 5.11. The maximum absolute atomic E-state index is 13.4. The van der Waals surface area contributed by atoms with Gasteiger partial charge >= 0.3 is 0 Å². The first-order valence-electron chi connectivity index (χ1n) is 4.66. The van der Waals surface area contributed by atoms with E-state index in [-0.39, 0.29) is 12.4 Å². The lowest BCUT2D eigenvalue weighted by molar-refractivity contribution is 0.283. The zero-order valence-corrected chi connectivity index (χ0v) is 11.2. The van der Waals surface area contributed by atoms with Crippen LogP contribution >= 0.6 is 27.3 Å². The van der Waals surface area contributed by atoms with Crippen LogP contribution in [-0.2, 0) is 6.61 Å². The van der Waals surface area contributed by atoms with Crippen LogP contribution < -0.4 is 16.0 Å². The number of benzene rings is 1. The number of nitrogens with two attached hydrogens (primary N) is 1. The lowest BCUT2D eigenvalue weighted by Crippen LogP contribution is -2.05. The van der Waals surface area contributed by atoms with E-state index in [1.54, 1.807) is 0 Å². The van der Waals surface area contributed by atoms with E-state index in [1.165, 1.54) is 6.07 Å². The topological polar surface area (TPSA) is 73.1 Å². The zero-order chi connectivity index (χ0) is 13.1. The summed E-state index contributed by atoms with van der Waals surface area (Å²) in [5.74, 6) is 2.91. The van der Waals surface area contributed by atoms with Gasteiger partial charge in [0.25, 0.3) is 0 Å². The third-order valence-corrected chi connectivity index (χ3v) is 3.19. The molecule has 9 heteroatoms. The van der Waals surface area contributed by atoms with Gasteiger partial charge in [0, 0.05) is 4.47 Å². The molecule has 0 saturated carbocycles. The average molecular weight is 337 g/mol. The van der Waals surface area contributed by atoms with Gasteiger partial charge in [0.15, 0.2) is 16.6 Å². The van der Waals surface area contributed by atoms with Crippen molar-refractivity contribution in [3.8, 4) is 5.75 Å². The van der Waals surface area contributed by atoms with Gasteiger partial charge < -0.3 is 4.74 Å². The van der Waals surface area contributed by atoms with E-state index in [0.29, 0.717) is 14.6 Å². The minimum atomic E-state index is -1.04. The molecule has 1 heterocycles. The van der Waals surface area contributed by atoms with Gasteiger partial charge in [-0.05, 0) is 12.1 Å². The Balaban J connectivity index is 2.10. The van der Waals surface area contributed by atoms with Crippen molar-refractivity contribution in [3.63, 3.8) is 0 Å². The van der Waals surface area contributed by atoms with Gasteiger partial charge in [-0.15, -0.1) is 10.2 Å². The fourth-order valence-electron chi connectivity index (χ4n) is 1.15. The van der Waals surface area contributed by atoms with Gasteiger partial charge in [0.2, 0.25) is 10.9 Å². The number of nitrogen functional groups attached to an aromatic ring is 1. The predicted molar refractivity (Wildman–Crippen MR) is 66.1 cm³/mol. The molecule has 3 N–H and O–H groups in total. The van der Waals surface area contributed by atoms with E-state index >= 15 is 0 Å². The van der Waals surface area contributed by atoms with Crippen molar-refractivity contribution in [3.05, 3.63) is 33.2 Å². The van der Waals surface area contributed by atoms with Crippen LogP contribution in [0.4, 0.5) is 13.9 Å². The summed E-state index contributed by atoms with van der Waals surface area (Å²) in [6.45, 7) is -0.0217. The van der Waals surface area contributed by atoms with E-state index in [2.05, 4.69) is 31.6 Å². The molecule has 0 saturated heterocycles. The Morgan fingerprint density at radius 2 is 2.17 bits per heavy atom. The molecule has 18 heavy (non-hydrogen) atoms. The summed E-state index contributed by atoms with van der Waals surface area (Å²) in [5.41, 5.74) is 2.32. The summed E-state index contributed by atoms with van der Waals surface area (Å²) in [7, 11) is 0. The van der Waals surface area contributed by atoms with Crippen LogP contribution in [-0.4, -0.2) is 10.2 Å². The summed E-state index contributed by atoms with van der Waals surface area (Å²) >= 11 is 4.21. The van der Waals surface area contributed by atoms with Crippen molar-refractivity contribution in [2.24, 2.45) is 5.84 Å². The normalized spacial score (nSPS) is 10.4. The molecule has 0 spiro atoms. The van der Waals surface area contributed by atoms with Crippen molar-refractivity contribution >= 4 is 32.4 Å². The number of hydrazine groups is 1. The van der Waals surface area contributed by atoms with Crippen LogP contribution in [0.15, 0.2) is 16.6 Å². The Morgan fingerprint density at radius 1 is 1.39 bits per heavy atom. The molecule has 96 valence electrons. The second kappa shape index (κ2) is 5.55. The molecule has 0 aliphatic rings. The molecular formula is C9H7BrF2N4OS. The highest BCUT2D eigenvalue weighted by molar-refractivity contribution is 9.10. The van der Waals surface area contributed by atoms with Crippen molar-refractivity contribution in [1.82, 2.24) is 10.2 Å². The summed E-state index contributed by atoms with van der Waals surface area (Å²) in [6, 6.07) is 2.35. The van der Waals surface area contributed by atoms with Gasteiger partial charge in [0.1, 0.15) is 6.61 Å². The number of halogens is 3. The number of anilines is 1. The largest absolute Gasteiger partial charge is 0.483 e. The molecule has 0 amide bonds. The van der Waals surface area contributed by atoms with Crippen LogP contribution in [0.5, 0.6) is 5.75 Å². The first kappa shape index (κ1) is 13.1. The number of nitrogens with zero attached hydrogens (tertiary/aromatic N) is 2. The van der Waals surface area contributed by atoms with Crippen molar-refractivity contribution in [2.45, 2.75) is 6.61 Å². The van der Waals surface area contributed by atoms with Gasteiger partial charge in [0.05, 0.1) is 0 Å². The molecule has 2 rings (SSSR count). The van der Waals surface area contributed by atoms with Crippen LogP contribution in [0.1, 0.15) is 5.01 Å². The van der Waals surface area contributed by atoms with E-state index in [9.17, 15) is 8.78 Å². The lowest BCUT2D eigenvalue weighted by Gasteiger charge is -2.06. The molecule has 1 aromatic heterocycles. The SMILES string of the molecule is NNc1nnc(COc2cc(Br)cc(F)c2F)s1. The molecule has 0 radical (unpaired) electrons. The fourth-order valence-corrected chi connectivity index (χ4v) is 2.12. The molecule has 0 bridgehead atoms. The smallest absolute Gasteiger partial charge is 0.219 e. The summed E-state index contributed by atoms with van der Waals surface area (Å²) in [4.78, 5) is 0. The highest BCUT2D eigenvalue weighted by atomic mass is 79.9. The third-order valence-electron chi connectivity index (χ3n) is 1.90. The van der Waals surface area contributed by atoms with Gasteiger partial charge in [-0.3, -0.25) is 5.43 Å². The Kier molecular flexibility index (Phi) is 4.04. The first-order valence-corrected chi connectivity index (χ1v) is 6.27. The molecule has 0 atom stereocenters. The number of hydrogen-bond acceptors (Lipinski definition) is 6. The quantitative estimate of drug-likeness (QED) is 0.509. The van der Waals surface area contributed by atoms with Crippen LogP contribution in [0.2, 0.25) is 0 Å². The van der Waals surface area contributed by atoms with Crippen molar-refractivity contribution in [2.75, 3.05) is 5.43 Å². The van der Waals surface area contributed by atoms with Gasteiger partial charge in [-0.2, -0.15) is 4.39 Å². The van der Waals surface area contributed by atoms with Crippen molar-refractivity contribution < 1.29 is 13.5 Å². The minimum absolute atomic E-state index is 0.0217. The van der Waals surface area contributed by atoms with E-state index < -0.39 is 11.6 Å². The lowest BCUT2D eigenvalue weighted by atomic mass is 10.3. The Labute approximate surface area is 113 Å². The number of nitrogens with one attached hydrogen (secondary N) is 1. The third kappa shape index (κ3) is 2.92. The van der Waals surface area contributed by atoms with Crippen LogP contribution in [0.3, 0.4) is 0 Å². The van der Waals surface area contributed by atoms with Gasteiger partial charge in [-0.1, -0.05) is 27.3 Å². The number of aromatic nitrogens is 2. The molecule has 1 aromatic carbocycles. The van der Waals surface area contributed by atoms with Crippen molar-refractivity contribution in [1.29, 1.82) is 0 Å². The number of rotatable bonds is 4. The summed E-state index contributed by atoms with van der Waals surface area (Å²) in [5, 5.41) is 8.33. The highest BCUT2D eigenvalue weighted by Gasteiger charge is 2.12. The standard InChI is InChI=1S/C9H7BrF2N4OS/c10-4-1-5(11)8(12)6(2-4)17-3-7-15-16-9(14-13)18-7/h1-2H,3,13H2,(H,14,16). The average Bonchev–Trinajstić information content (AvgIpc) is 2.80.